The standard InChI is InChI=1S/C13H19N3O/c14-13(15)11-3-1-10(2-4-11)9-16(7-8-17)12-5-6-12/h1-4,12,17H,5-9H2,(H3,14,15). The molecular formula is C13H19N3O. The first-order chi connectivity index (χ1) is 8.20. The average Bonchev–Trinajstić information content (AvgIpc) is 3.13. The van der Waals surface area contributed by atoms with Gasteiger partial charge < -0.3 is 10.8 Å². The number of amidine groups is 1. The normalized spacial score (nSPS) is 15.2. The van der Waals surface area contributed by atoms with Gasteiger partial charge in [0.2, 0.25) is 0 Å². The summed E-state index contributed by atoms with van der Waals surface area (Å²) in [6, 6.07) is 8.41. The van der Waals surface area contributed by atoms with Crippen molar-refractivity contribution in [2.24, 2.45) is 5.73 Å². The highest BCUT2D eigenvalue weighted by atomic mass is 16.3. The Morgan fingerprint density at radius 1 is 1.35 bits per heavy atom. The number of rotatable bonds is 6. The first kappa shape index (κ1) is 12.1. The van der Waals surface area contributed by atoms with E-state index < -0.39 is 0 Å². The van der Waals surface area contributed by atoms with Crippen LogP contribution in [0.3, 0.4) is 0 Å². The number of aliphatic hydroxyl groups excluding tert-OH is 1. The summed E-state index contributed by atoms with van der Waals surface area (Å²) in [5.74, 6) is 0.103. The van der Waals surface area contributed by atoms with Gasteiger partial charge in [-0.05, 0) is 18.4 Å². The Morgan fingerprint density at radius 2 is 2.00 bits per heavy atom. The summed E-state index contributed by atoms with van der Waals surface area (Å²) in [6.45, 7) is 1.81. The van der Waals surface area contributed by atoms with Crippen LogP contribution in [0, 0.1) is 5.41 Å². The summed E-state index contributed by atoms with van der Waals surface area (Å²) in [5, 5.41) is 16.3. The second-order valence-corrected chi connectivity index (χ2v) is 4.54. The zero-order chi connectivity index (χ0) is 12.3. The van der Waals surface area contributed by atoms with Crippen LogP contribution in [0.4, 0.5) is 0 Å². The molecule has 1 aliphatic carbocycles. The van der Waals surface area contributed by atoms with Crippen molar-refractivity contribution in [2.45, 2.75) is 25.4 Å². The minimum Gasteiger partial charge on any atom is -0.395 e. The number of nitrogen functional groups attached to an aromatic ring is 1. The van der Waals surface area contributed by atoms with E-state index >= 15 is 0 Å². The van der Waals surface area contributed by atoms with E-state index in [1.165, 1.54) is 18.4 Å². The number of hydrogen-bond acceptors (Lipinski definition) is 3. The van der Waals surface area contributed by atoms with Crippen molar-refractivity contribution >= 4 is 5.84 Å². The molecule has 4 nitrogen and oxygen atoms in total. The van der Waals surface area contributed by atoms with Crippen molar-refractivity contribution in [3.8, 4) is 0 Å². The molecule has 0 spiro atoms. The first-order valence-electron chi connectivity index (χ1n) is 5.99. The van der Waals surface area contributed by atoms with Crippen molar-refractivity contribution in [1.29, 1.82) is 5.41 Å². The van der Waals surface area contributed by atoms with Gasteiger partial charge in [-0.15, -0.1) is 0 Å². The van der Waals surface area contributed by atoms with E-state index in [0.29, 0.717) is 6.04 Å². The van der Waals surface area contributed by atoms with Crippen LogP contribution < -0.4 is 5.73 Å². The minimum atomic E-state index is 0.103. The Kier molecular flexibility index (Phi) is 3.76. The highest BCUT2D eigenvalue weighted by Crippen LogP contribution is 2.27. The van der Waals surface area contributed by atoms with Crippen LogP contribution in [-0.2, 0) is 6.54 Å². The van der Waals surface area contributed by atoms with Crippen LogP contribution in [0.25, 0.3) is 0 Å². The van der Waals surface area contributed by atoms with E-state index in [1.807, 2.05) is 24.3 Å². The van der Waals surface area contributed by atoms with E-state index in [2.05, 4.69) is 4.90 Å². The average molecular weight is 233 g/mol. The molecule has 0 aromatic heterocycles. The summed E-state index contributed by atoms with van der Waals surface area (Å²) in [6.07, 6.45) is 2.48. The summed E-state index contributed by atoms with van der Waals surface area (Å²) in [5.41, 5.74) is 7.37. The SMILES string of the molecule is N=C(N)c1ccc(CN(CCO)C2CC2)cc1. The first-order valence-corrected chi connectivity index (χ1v) is 5.99. The largest absolute Gasteiger partial charge is 0.395 e. The molecule has 0 saturated heterocycles. The predicted molar refractivity (Wildman–Crippen MR) is 68.0 cm³/mol. The van der Waals surface area contributed by atoms with Crippen LogP contribution in [0.1, 0.15) is 24.0 Å². The fraction of sp³-hybridized carbons (Fsp3) is 0.462. The molecule has 2 rings (SSSR count). The lowest BCUT2D eigenvalue weighted by atomic mass is 10.1. The van der Waals surface area contributed by atoms with Crippen LogP contribution >= 0.6 is 0 Å². The molecule has 0 unspecified atom stereocenters. The molecule has 17 heavy (non-hydrogen) atoms. The lowest BCUT2D eigenvalue weighted by molar-refractivity contribution is 0.183. The molecule has 4 N–H and O–H groups in total. The quantitative estimate of drug-likeness (QED) is 0.505. The lowest BCUT2D eigenvalue weighted by Gasteiger charge is -2.20. The maximum atomic E-state index is 9.02. The van der Waals surface area contributed by atoms with Gasteiger partial charge in [-0.1, -0.05) is 24.3 Å². The molecule has 92 valence electrons. The fourth-order valence-electron chi connectivity index (χ4n) is 1.98. The number of hydrogen-bond donors (Lipinski definition) is 3. The third kappa shape index (κ3) is 3.28. The number of nitrogens with one attached hydrogen (secondary N) is 1. The summed E-state index contributed by atoms with van der Waals surface area (Å²) in [7, 11) is 0. The molecule has 1 saturated carbocycles. The molecule has 0 radical (unpaired) electrons. The predicted octanol–water partition coefficient (Wildman–Crippen LogP) is 0.927. The fourth-order valence-corrected chi connectivity index (χ4v) is 1.98. The van der Waals surface area contributed by atoms with E-state index in [9.17, 15) is 0 Å². The molecular weight excluding hydrogens is 214 g/mol. The second-order valence-electron chi connectivity index (χ2n) is 4.54. The van der Waals surface area contributed by atoms with Crippen LogP contribution in [0.5, 0.6) is 0 Å². The highest BCUT2D eigenvalue weighted by molar-refractivity contribution is 5.94. The molecule has 0 atom stereocenters. The van der Waals surface area contributed by atoms with Gasteiger partial charge in [0.05, 0.1) is 6.61 Å². The Balaban J connectivity index is 1.99. The van der Waals surface area contributed by atoms with Gasteiger partial charge >= 0.3 is 0 Å². The van der Waals surface area contributed by atoms with Gasteiger partial charge in [0, 0.05) is 24.7 Å². The van der Waals surface area contributed by atoms with Crippen LogP contribution in [0.15, 0.2) is 24.3 Å². The molecule has 0 bridgehead atoms. The minimum absolute atomic E-state index is 0.103. The summed E-state index contributed by atoms with van der Waals surface area (Å²) < 4.78 is 0. The van der Waals surface area contributed by atoms with Gasteiger partial charge in [0.1, 0.15) is 5.84 Å². The zero-order valence-electron chi connectivity index (χ0n) is 9.89. The molecule has 1 aliphatic rings. The maximum absolute atomic E-state index is 9.02. The molecule has 0 amide bonds. The second kappa shape index (κ2) is 5.29. The van der Waals surface area contributed by atoms with Crippen molar-refractivity contribution in [3.63, 3.8) is 0 Å². The number of aliphatic hydroxyl groups is 1. The van der Waals surface area contributed by atoms with Crippen LogP contribution in [-0.4, -0.2) is 35.0 Å². The van der Waals surface area contributed by atoms with Crippen LogP contribution in [0.2, 0.25) is 0 Å². The molecule has 1 fully saturated rings. The van der Waals surface area contributed by atoms with Gasteiger partial charge in [0.25, 0.3) is 0 Å². The topological polar surface area (TPSA) is 73.3 Å². The monoisotopic (exact) mass is 233 g/mol. The van der Waals surface area contributed by atoms with E-state index in [0.717, 1.165) is 18.7 Å². The number of nitrogens with two attached hydrogens (primary N) is 1. The Morgan fingerprint density at radius 3 is 2.47 bits per heavy atom. The van der Waals surface area contributed by atoms with Gasteiger partial charge in [-0.2, -0.15) is 0 Å². The van der Waals surface area contributed by atoms with Crippen molar-refractivity contribution in [3.05, 3.63) is 35.4 Å². The highest BCUT2D eigenvalue weighted by Gasteiger charge is 2.28. The summed E-state index contributed by atoms with van der Waals surface area (Å²) in [4.78, 5) is 2.31. The van der Waals surface area contributed by atoms with Gasteiger partial charge in [-0.25, -0.2) is 0 Å². The van der Waals surface area contributed by atoms with E-state index in [-0.39, 0.29) is 12.4 Å². The smallest absolute Gasteiger partial charge is 0.122 e. The summed E-state index contributed by atoms with van der Waals surface area (Å²) >= 11 is 0. The van der Waals surface area contributed by atoms with E-state index in [1.54, 1.807) is 0 Å². The zero-order valence-corrected chi connectivity index (χ0v) is 9.89. The Labute approximate surface area is 102 Å². The molecule has 0 aliphatic heterocycles. The molecule has 1 aromatic carbocycles. The van der Waals surface area contributed by atoms with Crippen molar-refractivity contribution in [2.75, 3.05) is 13.2 Å². The maximum Gasteiger partial charge on any atom is 0.122 e. The third-order valence-electron chi connectivity index (χ3n) is 3.10. The number of nitrogens with zero attached hydrogens (tertiary/aromatic N) is 1. The van der Waals surface area contributed by atoms with Gasteiger partial charge in [-0.3, -0.25) is 10.3 Å². The molecule has 1 aromatic rings. The van der Waals surface area contributed by atoms with Gasteiger partial charge in [0.15, 0.2) is 0 Å². The third-order valence-corrected chi connectivity index (χ3v) is 3.10. The Hall–Kier alpha value is -1.39. The van der Waals surface area contributed by atoms with Crippen molar-refractivity contribution in [1.82, 2.24) is 4.90 Å². The number of benzene rings is 1. The Bertz CT molecular complexity index is 384. The molecule has 4 heteroatoms. The molecule has 0 heterocycles. The van der Waals surface area contributed by atoms with Crippen molar-refractivity contribution < 1.29 is 5.11 Å². The lowest BCUT2D eigenvalue weighted by Crippen LogP contribution is -2.28. The van der Waals surface area contributed by atoms with E-state index in [4.69, 9.17) is 16.2 Å².